The molecule has 0 unspecified atom stereocenters. The lowest BCUT2D eigenvalue weighted by Crippen LogP contribution is -2.09. The van der Waals surface area contributed by atoms with Crippen LogP contribution in [0.5, 0.6) is 11.5 Å². The number of aliphatic hydroxyl groups is 1. The van der Waals surface area contributed by atoms with E-state index < -0.39 is 0 Å². The lowest BCUT2D eigenvalue weighted by molar-refractivity contribution is 0.0875. The number of aliphatic hydroxyl groups excluding tert-OH is 1. The number of ether oxygens (including phenoxy) is 2. The summed E-state index contributed by atoms with van der Waals surface area (Å²) in [6.45, 7) is 5.65. The molecule has 0 aliphatic heterocycles. The first kappa shape index (κ1) is 25.4. The van der Waals surface area contributed by atoms with Crippen LogP contribution in [0.1, 0.15) is 19.4 Å². The van der Waals surface area contributed by atoms with Gasteiger partial charge in [0.1, 0.15) is 29.9 Å². The summed E-state index contributed by atoms with van der Waals surface area (Å²) in [7, 11) is 0. The Hall–Kier alpha value is -3.66. The Morgan fingerprint density at radius 1 is 1.14 bits per heavy atom. The quantitative estimate of drug-likeness (QED) is 0.150. The number of fused-ring (bicyclic) bond motifs is 1. The van der Waals surface area contributed by atoms with Gasteiger partial charge in [-0.1, -0.05) is 28.9 Å². The van der Waals surface area contributed by atoms with Crippen molar-refractivity contribution in [3.8, 4) is 11.5 Å². The van der Waals surface area contributed by atoms with Gasteiger partial charge in [0.15, 0.2) is 5.82 Å². The van der Waals surface area contributed by atoms with Crippen molar-refractivity contribution in [2.75, 3.05) is 31.7 Å². The highest BCUT2D eigenvalue weighted by Crippen LogP contribution is 2.33. The average molecular weight is 510 g/mol. The van der Waals surface area contributed by atoms with Crippen molar-refractivity contribution in [2.45, 2.75) is 20.4 Å². The van der Waals surface area contributed by atoms with Crippen LogP contribution in [0, 0.1) is 0 Å². The third-order valence-electron chi connectivity index (χ3n) is 5.27. The van der Waals surface area contributed by atoms with Crippen LogP contribution in [0.25, 0.3) is 11.0 Å². The molecule has 2 heterocycles. The summed E-state index contributed by atoms with van der Waals surface area (Å²) in [5.41, 5.74) is 4.07. The average Bonchev–Trinajstić information content (AvgIpc) is 3.31. The molecule has 2 aromatic carbocycles. The van der Waals surface area contributed by atoms with Crippen molar-refractivity contribution in [3.63, 3.8) is 0 Å². The Morgan fingerprint density at radius 3 is 2.83 bits per heavy atom. The maximum absolute atomic E-state index is 8.90. The van der Waals surface area contributed by atoms with Gasteiger partial charge in [-0.3, -0.25) is 0 Å². The van der Waals surface area contributed by atoms with E-state index in [1.807, 2.05) is 61.0 Å². The van der Waals surface area contributed by atoms with Gasteiger partial charge in [0, 0.05) is 24.0 Å². The molecule has 9 nitrogen and oxygen atoms in total. The van der Waals surface area contributed by atoms with Gasteiger partial charge in [0.2, 0.25) is 0 Å². The van der Waals surface area contributed by atoms with Crippen LogP contribution in [0.4, 0.5) is 11.5 Å². The van der Waals surface area contributed by atoms with Crippen molar-refractivity contribution in [1.29, 1.82) is 0 Å². The first-order valence-corrected chi connectivity index (χ1v) is 12.0. The summed E-state index contributed by atoms with van der Waals surface area (Å²) >= 11 is 6.56. The molecule has 0 saturated carbocycles. The van der Waals surface area contributed by atoms with E-state index in [9.17, 15) is 0 Å². The molecule has 4 aromatic rings. The predicted molar refractivity (Wildman–Crippen MR) is 141 cm³/mol. The molecule has 0 aliphatic rings. The molecule has 0 fully saturated rings. The maximum atomic E-state index is 8.90. The van der Waals surface area contributed by atoms with Crippen molar-refractivity contribution in [1.82, 2.24) is 14.5 Å². The summed E-state index contributed by atoms with van der Waals surface area (Å²) in [5, 5.41) is 16.8. The highest BCUT2D eigenvalue weighted by Gasteiger charge is 2.12. The second-order valence-electron chi connectivity index (χ2n) is 7.80. The third kappa shape index (κ3) is 6.31. The smallest absolute Gasteiger partial charge is 0.158 e. The van der Waals surface area contributed by atoms with E-state index in [-0.39, 0.29) is 6.61 Å². The summed E-state index contributed by atoms with van der Waals surface area (Å²) < 4.78 is 13.4. The fourth-order valence-corrected chi connectivity index (χ4v) is 3.78. The molecule has 2 N–H and O–H groups in total. The second kappa shape index (κ2) is 12.3. The molecule has 188 valence electrons. The Morgan fingerprint density at radius 2 is 2.03 bits per heavy atom. The number of rotatable bonds is 12. The molecular weight excluding hydrogens is 482 g/mol. The molecule has 0 spiro atoms. The summed E-state index contributed by atoms with van der Waals surface area (Å²) in [4.78, 5) is 13.9. The van der Waals surface area contributed by atoms with Crippen molar-refractivity contribution >= 4 is 39.9 Å². The first-order chi connectivity index (χ1) is 17.6. The van der Waals surface area contributed by atoms with Gasteiger partial charge < -0.3 is 29.3 Å². The van der Waals surface area contributed by atoms with Gasteiger partial charge in [-0.05, 0) is 50.2 Å². The van der Waals surface area contributed by atoms with E-state index in [1.54, 1.807) is 12.1 Å². The first-order valence-electron chi connectivity index (χ1n) is 11.6. The number of aromatic nitrogens is 3. The van der Waals surface area contributed by atoms with Gasteiger partial charge in [-0.2, -0.15) is 0 Å². The molecule has 2 aromatic heterocycles. The molecule has 0 amide bonds. The molecule has 0 aliphatic carbocycles. The Labute approximate surface area is 214 Å². The van der Waals surface area contributed by atoms with Gasteiger partial charge in [-0.15, -0.1) is 0 Å². The zero-order valence-electron chi connectivity index (χ0n) is 20.1. The van der Waals surface area contributed by atoms with Crippen LogP contribution in [-0.2, 0) is 16.1 Å². The lowest BCUT2D eigenvalue weighted by atomic mass is 10.1. The van der Waals surface area contributed by atoms with E-state index in [2.05, 4.69) is 20.4 Å². The van der Waals surface area contributed by atoms with E-state index in [1.165, 1.54) is 6.33 Å². The topological polar surface area (TPSA) is 103 Å². The SMILES string of the molecule is CCON=C(C)c1cccc(Oc2ccc(Nc3ncnc4ccn(CCOCCO)c34)cc2Cl)c1. The van der Waals surface area contributed by atoms with Gasteiger partial charge in [-0.25, -0.2) is 9.97 Å². The largest absolute Gasteiger partial charge is 0.456 e. The standard InChI is InChI=1S/C26H28ClN5O4/c1-3-35-31-18(2)19-5-4-6-21(15-19)36-24-8-7-20(16-22(24)27)30-26-25-23(28-17-29-26)9-10-32(25)11-13-34-14-12-33/h4-10,15-17,33H,3,11-14H2,1-2H3,(H,28,29,30). The number of anilines is 2. The second-order valence-corrected chi connectivity index (χ2v) is 8.20. The van der Waals surface area contributed by atoms with E-state index in [0.29, 0.717) is 48.7 Å². The Balaban J connectivity index is 1.50. The van der Waals surface area contributed by atoms with Crippen LogP contribution in [0.3, 0.4) is 0 Å². The number of halogens is 1. The predicted octanol–water partition coefficient (Wildman–Crippen LogP) is 5.39. The Bertz CT molecular complexity index is 1340. The summed E-state index contributed by atoms with van der Waals surface area (Å²) in [5.74, 6) is 1.81. The van der Waals surface area contributed by atoms with Crippen LogP contribution in [0.2, 0.25) is 5.02 Å². The Kier molecular flexibility index (Phi) is 8.72. The fourth-order valence-electron chi connectivity index (χ4n) is 3.56. The third-order valence-corrected chi connectivity index (χ3v) is 5.56. The van der Waals surface area contributed by atoms with Gasteiger partial charge in [0.05, 0.1) is 36.1 Å². The number of hydrogen-bond acceptors (Lipinski definition) is 8. The van der Waals surface area contributed by atoms with Crippen molar-refractivity contribution < 1.29 is 19.4 Å². The molecule has 0 bridgehead atoms. The summed E-state index contributed by atoms with van der Waals surface area (Å²) in [6, 6.07) is 15.0. The number of nitrogens with one attached hydrogen (secondary N) is 1. The molecule has 0 saturated heterocycles. The fraction of sp³-hybridized carbons (Fsp3) is 0.269. The van der Waals surface area contributed by atoms with Crippen molar-refractivity contribution in [2.24, 2.45) is 5.16 Å². The molecule has 4 rings (SSSR count). The number of oxime groups is 1. The molecule has 0 radical (unpaired) electrons. The monoisotopic (exact) mass is 509 g/mol. The van der Waals surface area contributed by atoms with Crippen LogP contribution < -0.4 is 10.1 Å². The zero-order valence-corrected chi connectivity index (χ0v) is 20.9. The summed E-state index contributed by atoms with van der Waals surface area (Å²) in [6.07, 6.45) is 3.45. The number of hydrogen-bond donors (Lipinski definition) is 2. The maximum Gasteiger partial charge on any atom is 0.158 e. The minimum atomic E-state index is -0.00391. The number of nitrogens with zero attached hydrogens (tertiary/aromatic N) is 4. The van der Waals surface area contributed by atoms with Crippen LogP contribution in [0.15, 0.2) is 66.2 Å². The van der Waals surface area contributed by atoms with Crippen LogP contribution in [-0.4, -0.2) is 51.8 Å². The van der Waals surface area contributed by atoms with Crippen molar-refractivity contribution in [3.05, 3.63) is 71.6 Å². The normalized spacial score (nSPS) is 11.6. The van der Waals surface area contributed by atoms with Crippen LogP contribution >= 0.6 is 11.6 Å². The minimum Gasteiger partial charge on any atom is -0.456 e. The molecule has 0 atom stereocenters. The highest BCUT2D eigenvalue weighted by atomic mass is 35.5. The van der Waals surface area contributed by atoms with E-state index >= 15 is 0 Å². The number of benzene rings is 2. The van der Waals surface area contributed by atoms with Gasteiger partial charge >= 0.3 is 0 Å². The van der Waals surface area contributed by atoms with E-state index in [0.717, 1.165) is 28.0 Å². The minimum absolute atomic E-state index is 0.00391. The van der Waals surface area contributed by atoms with Gasteiger partial charge in [0.25, 0.3) is 0 Å². The molecule has 10 heteroatoms. The molecular formula is C26H28ClN5O4. The zero-order chi connectivity index (χ0) is 25.3. The highest BCUT2D eigenvalue weighted by molar-refractivity contribution is 6.32. The van der Waals surface area contributed by atoms with E-state index in [4.69, 9.17) is 31.0 Å². The lowest BCUT2D eigenvalue weighted by Gasteiger charge is -2.13. The molecule has 36 heavy (non-hydrogen) atoms.